The number of carbonyl (C=O) groups excluding carboxylic acids is 4. The van der Waals surface area contributed by atoms with Gasteiger partial charge in [-0.3, -0.25) is 0 Å². The molecule has 73 heavy (non-hydrogen) atoms. The summed E-state index contributed by atoms with van der Waals surface area (Å²) >= 11 is 2.41. The summed E-state index contributed by atoms with van der Waals surface area (Å²) in [6, 6.07) is 32.2. The van der Waals surface area contributed by atoms with Crippen LogP contribution in [0.15, 0.2) is 121 Å². The molecular weight excluding hydrogens is 1020 g/mol. The Kier molecular flexibility index (Phi) is 29.9. The van der Waals surface area contributed by atoms with E-state index in [9.17, 15) is 19.2 Å². The molecule has 9 heteroatoms. The first kappa shape index (κ1) is 60.0. The molecule has 4 aromatic rings. The van der Waals surface area contributed by atoms with Crippen LogP contribution >= 0.6 is 22.6 Å². The van der Waals surface area contributed by atoms with Crippen LogP contribution in [0, 0.1) is 5.41 Å². The number of halogens is 1. The van der Waals surface area contributed by atoms with E-state index in [0.29, 0.717) is 0 Å². The van der Waals surface area contributed by atoms with Crippen molar-refractivity contribution in [2.75, 3.05) is 30.9 Å². The topological polar surface area (TPSA) is 105 Å². The first-order valence-corrected chi connectivity index (χ1v) is 28.5. The van der Waals surface area contributed by atoms with Crippen LogP contribution in [0.25, 0.3) is 24.3 Å². The highest BCUT2D eigenvalue weighted by atomic mass is 127. The highest BCUT2D eigenvalue weighted by Crippen LogP contribution is 2.23. The fourth-order valence-electron chi connectivity index (χ4n) is 8.05. The lowest BCUT2D eigenvalue weighted by atomic mass is 9.92. The standard InChI is InChI=1S/C64H81IO8/c1-4-7-10-14-19-52-23-31-56(32-24-52)39-43-60(66)70-48-64(49-71-61(67)44-40-57-33-25-53(26-34-57)20-15-11-8-5-2,50-72-62(68)45-41-58-35-27-54(28-36-58)21-16-12-9-6-3)51-73-63(69)46-42-59-37-29-55(30-38-59)22-17-13-18-47-65/h23-46H,4-22,47-51H2,1-3H3/b43-39+,44-40+,45-41+,46-42+. The van der Waals surface area contributed by atoms with E-state index in [1.165, 1.54) is 117 Å². The Bertz CT molecular complexity index is 1980. The van der Waals surface area contributed by atoms with Gasteiger partial charge in [-0.15, -0.1) is 0 Å². The molecule has 0 amide bonds. The lowest BCUT2D eigenvalue weighted by molar-refractivity contribution is -0.164. The molecule has 0 bridgehead atoms. The normalized spacial score (nSPS) is 11.8. The summed E-state index contributed by atoms with van der Waals surface area (Å²) < 4.78 is 24.4. The number of esters is 4. The zero-order valence-electron chi connectivity index (χ0n) is 44.0. The quantitative estimate of drug-likeness (QED) is 0.0111. The Morgan fingerprint density at radius 3 is 0.808 bits per heavy atom. The lowest BCUT2D eigenvalue weighted by Crippen LogP contribution is -2.43. The molecule has 8 nitrogen and oxygen atoms in total. The number of hydrogen-bond donors (Lipinski definition) is 0. The van der Waals surface area contributed by atoms with Gasteiger partial charge in [0.25, 0.3) is 0 Å². The molecule has 0 fully saturated rings. The molecule has 0 N–H and O–H groups in total. The highest BCUT2D eigenvalue weighted by molar-refractivity contribution is 14.1. The van der Waals surface area contributed by atoms with Crippen molar-refractivity contribution in [3.05, 3.63) is 166 Å². The second-order valence-electron chi connectivity index (χ2n) is 19.2. The maximum Gasteiger partial charge on any atom is 0.330 e. The van der Waals surface area contributed by atoms with Gasteiger partial charge in [0, 0.05) is 24.3 Å². The molecule has 0 saturated heterocycles. The first-order valence-electron chi connectivity index (χ1n) is 26.9. The summed E-state index contributed by atoms with van der Waals surface area (Å²) in [5.41, 5.74) is 6.76. The Balaban J connectivity index is 1.53. The van der Waals surface area contributed by atoms with E-state index in [-0.39, 0.29) is 0 Å². The van der Waals surface area contributed by atoms with E-state index in [1.54, 1.807) is 24.3 Å². The number of unbranched alkanes of at least 4 members (excludes halogenated alkanes) is 11. The molecule has 0 radical (unpaired) electrons. The Labute approximate surface area is 451 Å². The summed E-state index contributed by atoms with van der Waals surface area (Å²) in [4.78, 5) is 53.6. The summed E-state index contributed by atoms with van der Waals surface area (Å²) in [6.07, 6.45) is 33.7. The van der Waals surface area contributed by atoms with Crippen LogP contribution < -0.4 is 0 Å². The van der Waals surface area contributed by atoms with Crippen LogP contribution in [-0.2, 0) is 63.8 Å². The molecule has 0 unspecified atom stereocenters. The molecule has 0 aliphatic heterocycles. The second-order valence-corrected chi connectivity index (χ2v) is 20.2. The largest absolute Gasteiger partial charge is 0.462 e. The van der Waals surface area contributed by atoms with E-state index in [0.717, 1.165) is 78.0 Å². The maximum atomic E-state index is 13.4. The van der Waals surface area contributed by atoms with Crippen LogP contribution in [0.4, 0.5) is 0 Å². The van der Waals surface area contributed by atoms with Crippen LogP contribution in [0.3, 0.4) is 0 Å². The summed E-state index contributed by atoms with van der Waals surface area (Å²) in [6.45, 7) is 4.97. The summed E-state index contributed by atoms with van der Waals surface area (Å²) in [5.74, 6) is -2.69. The van der Waals surface area contributed by atoms with Gasteiger partial charge in [-0.2, -0.15) is 0 Å². The van der Waals surface area contributed by atoms with E-state index < -0.39 is 55.7 Å². The average molecular weight is 1110 g/mol. The zero-order chi connectivity index (χ0) is 52.2. The molecule has 4 aromatic carbocycles. The Morgan fingerprint density at radius 2 is 0.589 bits per heavy atom. The SMILES string of the molecule is CCCCCCc1ccc(/C=C/C(=O)OCC(COC(=O)/C=C/c2ccc(CCCCCC)cc2)(COC(=O)/C=C/c2ccc(CCCCCC)cc2)COC(=O)/C=C/c2ccc(CCCCCI)cc2)cc1. The maximum absolute atomic E-state index is 13.4. The molecule has 4 rings (SSSR count). The number of benzene rings is 4. The van der Waals surface area contributed by atoms with E-state index in [1.807, 2.05) is 48.5 Å². The van der Waals surface area contributed by atoms with Gasteiger partial charge in [-0.05, 0) is 131 Å². The molecule has 0 aliphatic carbocycles. The number of aryl methyl sites for hydroxylation is 4. The van der Waals surface area contributed by atoms with Gasteiger partial charge < -0.3 is 18.9 Å². The van der Waals surface area contributed by atoms with Crippen LogP contribution in [-0.4, -0.2) is 54.7 Å². The fourth-order valence-corrected chi connectivity index (χ4v) is 8.59. The smallest absolute Gasteiger partial charge is 0.330 e. The molecule has 392 valence electrons. The number of hydrogen-bond acceptors (Lipinski definition) is 8. The van der Waals surface area contributed by atoms with Crippen molar-refractivity contribution < 1.29 is 38.1 Å². The Hall–Kier alpha value is -5.55. The molecule has 0 aromatic heterocycles. The number of alkyl halides is 1. The fraction of sp³-hybridized carbons (Fsp3) is 0.438. The van der Waals surface area contributed by atoms with Crippen molar-refractivity contribution in [1.29, 1.82) is 0 Å². The molecule has 0 saturated carbocycles. The van der Waals surface area contributed by atoms with Gasteiger partial charge >= 0.3 is 23.9 Å². The Morgan fingerprint density at radius 1 is 0.356 bits per heavy atom. The van der Waals surface area contributed by atoms with E-state index in [4.69, 9.17) is 18.9 Å². The molecule has 0 aliphatic rings. The van der Waals surface area contributed by atoms with Crippen LogP contribution in [0.2, 0.25) is 0 Å². The predicted octanol–water partition coefficient (Wildman–Crippen LogP) is 15.5. The molecule has 0 spiro atoms. The van der Waals surface area contributed by atoms with Gasteiger partial charge in [0.05, 0.1) is 0 Å². The van der Waals surface area contributed by atoms with Crippen molar-refractivity contribution in [1.82, 2.24) is 0 Å². The van der Waals surface area contributed by atoms with Gasteiger partial charge in [-0.1, -0.05) is 205 Å². The van der Waals surface area contributed by atoms with Gasteiger partial charge in [0.15, 0.2) is 0 Å². The molecular formula is C64H81IO8. The predicted molar refractivity (Wildman–Crippen MR) is 308 cm³/mol. The number of ether oxygens (including phenoxy) is 4. The van der Waals surface area contributed by atoms with Gasteiger partial charge in [-0.25, -0.2) is 19.2 Å². The molecule has 0 atom stereocenters. The molecule has 0 heterocycles. The van der Waals surface area contributed by atoms with Crippen LogP contribution in [0.5, 0.6) is 0 Å². The number of rotatable bonds is 36. The van der Waals surface area contributed by atoms with Crippen LogP contribution in [0.1, 0.15) is 162 Å². The summed E-state index contributed by atoms with van der Waals surface area (Å²) in [5, 5.41) is 0. The average Bonchev–Trinajstić information content (AvgIpc) is 3.42. The van der Waals surface area contributed by atoms with E-state index >= 15 is 0 Å². The third-order valence-electron chi connectivity index (χ3n) is 12.7. The second kappa shape index (κ2) is 36.4. The first-order chi connectivity index (χ1) is 35.6. The van der Waals surface area contributed by atoms with Crippen molar-refractivity contribution >= 4 is 70.8 Å². The third kappa shape index (κ3) is 26.3. The zero-order valence-corrected chi connectivity index (χ0v) is 46.1. The number of carbonyl (C=O) groups is 4. The van der Waals surface area contributed by atoms with Crippen molar-refractivity contribution in [2.24, 2.45) is 5.41 Å². The van der Waals surface area contributed by atoms with Gasteiger partial charge in [0.2, 0.25) is 0 Å². The van der Waals surface area contributed by atoms with Crippen molar-refractivity contribution in [3.8, 4) is 0 Å². The summed E-state index contributed by atoms with van der Waals surface area (Å²) in [7, 11) is 0. The lowest BCUT2D eigenvalue weighted by Gasteiger charge is -2.31. The third-order valence-corrected chi connectivity index (χ3v) is 13.5. The minimum atomic E-state index is -1.49. The van der Waals surface area contributed by atoms with E-state index in [2.05, 4.69) is 91.9 Å². The van der Waals surface area contributed by atoms with Crippen molar-refractivity contribution in [2.45, 2.75) is 143 Å². The van der Waals surface area contributed by atoms with Gasteiger partial charge in [0.1, 0.15) is 31.8 Å². The van der Waals surface area contributed by atoms with Crippen molar-refractivity contribution in [3.63, 3.8) is 0 Å². The monoisotopic (exact) mass is 1100 g/mol. The minimum Gasteiger partial charge on any atom is -0.462 e. The highest BCUT2D eigenvalue weighted by Gasteiger charge is 2.37. The minimum absolute atomic E-state index is 0.406.